The fourth-order valence-corrected chi connectivity index (χ4v) is 3.80. The Morgan fingerprint density at radius 2 is 1.91 bits per heavy atom. The first kappa shape index (κ1) is 17.5. The molecule has 0 aromatic heterocycles. The van der Waals surface area contributed by atoms with Crippen LogP contribution in [0, 0.1) is 5.92 Å². The highest BCUT2D eigenvalue weighted by Crippen LogP contribution is 2.42. The third-order valence-electron chi connectivity index (χ3n) is 5.06. The van der Waals surface area contributed by atoms with Gasteiger partial charge in [-0.3, -0.25) is 0 Å². The van der Waals surface area contributed by atoms with Crippen molar-refractivity contribution in [1.29, 1.82) is 0 Å². The number of carboxylic acid groups (broad SMARTS) is 1. The van der Waals surface area contributed by atoms with E-state index < -0.39 is 17.5 Å². The summed E-state index contributed by atoms with van der Waals surface area (Å²) >= 11 is 0. The van der Waals surface area contributed by atoms with E-state index in [2.05, 4.69) is 13.8 Å². The van der Waals surface area contributed by atoms with Crippen molar-refractivity contribution in [1.82, 2.24) is 0 Å². The Kier molecular flexibility index (Phi) is 5.80. The summed E-state index contributed by atoms with van der Waals surface area (Å²) < 4.78 is 5.97. The summed E-state index contributed by atoms with van der Waals surface area (Å²) in [6.07, 6.45) is 7.07. The molecule has 126 valence electrons. The summed E-state index contributed by atoms with van der Waals surface area (Å²) in [6, 6.07) is 6.27. The minimum atomic E-state index is -1.10. The number of hydrogen-bond acceptors (Lipinski definition) is 3. The van der Waals surface area contributed by atoms with Gasteiger partial charge in [-0.2, -0.15) is 0 Å². The lowest BCUT2D eigenvalue weighted by molar-refractivity contribution is -0.0767. The number of rotatable bonds is 6. The summed E-state index contributed by atoms with van der Waals surface area (Å²) in [5.41, 5.74) is -0.294. The molecule has 1 aromatic rings. The Balaban J connectivity index is 2.27. The molecule has 2 rings (SSSR count). The van der Waals surface area contributed by atoms with Crippen LogP contribution in [0.1, 0.15) is 79.5 Å². The van der Waals surface area contributed by atoms with E-state index in [0.717, 1.165) is 38.5 Å². The van der Waals surface area contributed by atoms with E-state index >= 15 is 0 Å². The molecule has 1 aliphatic carbocycles. The lowest BCUT2D eigenvalue weighted by Crippen LogP contribution is -2.44. The largest absolute Gasteiger partial charge is 0.478 e. The maximum Gasteiger partial charge on any atom is 0.339 e. The van der Waals surface area contributed by atoms with Crippen LogP contribution >= 0.6 is 0 Å². The molecular formula is C19H26O4. The second kappa shape index (κ2) is 7.62. The van der Waals surface area contributed by atoms with Crippen molar-refractivity contribution in [3.05, 3.63) is 35.4 Å². The molecule has 0 aliphatic heterocycles. The van der Waals surface area contributed by atoms with Crippen LogP contribution in [-0.4, -0.2) is 22.6 Å². The standard InChI is InChI=1S/C19H26O4/c1-3-9-14-10-7-8-13-19(14,4-2)23-18(22)16-12-6-5-11-15(16)17(20)21/h5-6,11-12,14H,3-4,7-10,13H2,1-2H3,(H,20,21). The fraction of sp³-hybridized carbons (Fsp3) is 0.579. The van der Waals surface area contributed by atoms with Crippen molar-refractivity contribution in [2.24, 2.45) is 5.92 Å². The van der Waals surface area contributed by atoms with Gasteiger partial charge in [-0.05, 0) is 50.2 Å². The molecule has 0 radical (unpaired) electrons. The molecule has 1 saturated carbocycles. The normalized spacial score (nSPS) is 24.2. The molecular weight excluding hydrogens is 292 g/mol. The Hall–Kier alpha value is -1.84. The lowest BCUT2D eigenvalue weighted by Gasteiger charge is -2.43. The number of aromatic carboxylic acids is 1. The molecule has 4 heteroatoms. The van der Waals surface area contributed by atoms with Gasteiger partial charge in [0.25, 0.3) is 0 Å². The molecule has 1 aliphatic rings. The van der Waals surface area contributed by atoms with E-state index in [1.54, 1.807) is 12.1 Å². The third-order valence-corrected chi connectivity index (χ3v) is 5.06. The zero-order valence-electron chi connectivity index (χ0n) is 14.0. The Morgan fingerprint density at radius 1 is 1.22 bits per heavy atom. The first-order chi connectivity index (χ1) is 11.0. The van der Waals surface area contributed by atoms with Crippen LogP contribution in [0.2, 0.25) is 0 Å². The summed E-state index contributed by atoms with van der Waals surface area (Å²) in [7, 11) is 0. The van der Waals surface area contributed by atoms with Gasteiger partial charge >= 0.3 is 11.9 Å². The predicted molar refractivity (Wildman–Crippen MR) is 88.7 cm³/mol. The highest BCUT2D eigenvalue weighted by Gasteiger charge is 2.42. The van der Waals surface area contributed by atoms with Gasteiger partial charge in [0, 0.05) is 0 Å². The number of benzene rings is 1. The van der Waals surface area contributed by atoms with Gasteiger partial charge in [0.15, 0.2) is 0 Å². The van der Waals surface area contributed by atoms with Crippen LogP contribution in [0.25, 0.3) is 0 Å². The van der Waals surface area contributed by atoms with Crippen molar-refractivity contribution in [2.75, 3.05) is 0 Å². The van der Waals surface area contributed by atoms with Gasteiger partial charge in [-0.15, -0.1) is 0 Å². The van der Waals surface area contributed by atoms with E-state index in [4.69, 9.17) is 4.74 Å². The molecule has 0 heterocycles. The van der Waals surface area contributed by atoms with Crippen molar-refractivity contribution in [3.63, 3.8) is 0 Å². The SMILES string of the molecule is CCCC1CCCCC1(CC)OC(=O)c1ccccc1C(=O)O. The molecule has 0 amide bonds. The minimum Gasteiger partial charge on any atom is -0.478 e. The van der Waals surface area contributed by atoms with Gasteiger partial charge in [-0.25, -0.2) is 9.59 Å². The van der Waals surface area contributed by atoms with Crippen LogP contribution in [-0.2, 0) is 4.74 Å². The number of esters is 1. The average molecular weight is 318 g/mol. The predicted octanol–water partition coefficient (Wildman–Crippen LogP) is 4.68. The number of carbonyl (C=O) groups is 2. The lowest BCUT2D eigenvalue weighted by atomic mass is 9.71. The van der Waals surface area contributed by atoms with Gasteiger partial charge in [0.05, 0.1) is 11.1 Å². The minimum absolute atomic E-state index is 0.00611. The number of carboxylic acids is 1. The van der Waals surface area contributed by atoms with Gasteiger partial charge in [0.2, 0.25) is 0 Å². The summed E-state index contributed by atoms with van der Waals surface area (Å²) in [5.74, 6) is -1.24. The molecule has 1 fully saturated rings. The third kappa shape index (κ3) is 3.74. The van der Waals surface area contributed by atoms with E-state index in [-0.39, 0.29) is 11.1 Å². The Bertz CT molecular complexity index is 564. The number of hydrogen-bond donors (Lipinski definition) is 1. The molecule has 23 heavy (non-hydrogen) atoms. The van der Waals surface area contributed by atoms with E-state index in [9.17, 15) is 14.7 Å². The second-order valence-corrected chi connectivity index (χ2v) is 6.39. The highest BCUT2D eigenvalue weighted by atomic mass is 16.6. The molecule has 2 atom stereocenters. The fourth-order valence-electron chi connectivity index (χ4n) is 3.80. The topological polar surface area (TPSA) is 63.6 Å². The van der Waals surface area contributed by atoms with E-state index in [1.165, 1.54) is 18.6 Å². The first-order valence-electron chi connectivity index (χ1n) is 8.59. The second-order valence-electron chi connectivity index (χ2n) is 6.39. The molecule has 4 nitrogen and oxygen atoms in total. The molecule has 1 N–H and O–H groups in total. The van der Waals surface area contributed by atoms with Crippen molar-refractivity contribution < 1.29 is 19.4 Å². The monoisotopic (exact) mass is 318 g/mol. The first-order valence-corrected chi connectivity index (χ1v) is 8.59. The molecule has 2 unspecified atom stereocenters. The highest BCUT2D eigenvalue weighted by molar-refractivity contribution is 6.02. The molecule has 0 bridgehead atoms. The van der Waals surface area contributed by atoms with Gasteiger partial charge < -0.3 is 9.84 Å². The van der Waals surface area contributed by atoms with Crippen LogP contribution in [0.5, 0.6) is 0 Å². The van der Waals surface area contributed by atoms with E-state index in [1.807, 2.05) is 0 Å². The quantitative estimate of drug-likeness (QED) is 0.773. The van der Waals surface area contributed by atoms with Crippen molar-refractivity contribution in [2.45, 2.75) is 64.4 Å². The number of carbonyl (C=O) groups excluding carboxylic acids is 1. The van der Waals surface area contributed by atoms with Crippen molar-refractivity contribution in [3.8, 4) is 0 Å². The smallest absolute Gasteiger partial charge is 0.339 e. The zero-order valence-corrected chi connectivity index (χ0v) is 14.0. The van der Waals surface area contributed by atoms with Crippen molar-refractivity contribution >= 4 is 11.9 Å². The van der Waals surface area contributed by atoms with Gasteiger partial charge in [-0.1, -0.05) is 38.8 Å². The Labute approximate surface area is 137 Å². The Morgan fingerprint density at radius 3 is 2.52 bits per heavy atom. The molecule has 0 spiro atoms. The average Bonchev–Trinajstić information content (AvgIpc) is 2.56. The van der Waals surface area contributed by atoms with Crippen LogP contribution in [0.15, 0.2) is 24.3 Å². The van der Waals surface area contributed by atoms with E-state index in [0.29, 0.717) is 5.92 Å². The summed E-state index contributed by atoms with van der Waals surface area (Å²) in [5, 5.41) is 9.27. The maximum atomic E-state index is 12.7. The van der Waals surface area contributed by atoms with Crippen LogP contribution in [0.3, 0.4) is 0 Å². The van der Waals surface area contributed by atoms with Crippen LogP contribution < -0.4 is 0 Å². The number of ether oxygens (including phenoxy) is 1. The molecule has 0 saturated heterocycles. The zero-order chi connectivity index (χ0) is 16.9. The molecule has 1 aromatic carbocycles. The summed E-state index contributed by atoms with van der Waals surface area (Å²) in [6.45, 7) is 4.21. The van der Waals surface area contributed by atoms with Crippen LogP contribution in [0.4, 0.5) is 0 Å². The maximum absolute atomic E-state index is 12.7. The summed E-state index contributed by atoms with van der Waals surface area (Å²) in [4.78, 5) is 24.0. The van der Waals surface area contributed by atoms with Gasteiger partial charge in [0.1, 0.15) is 5.60 Å².